The van der Waals surface area contributed by atoms with Crippen molar-refractivity contribution < 1.29 is 4.79 Å². The number of hydrogen-bond donors (Lipinski definition) is 3. The van der Waals surface area contributed by atoms with E-state index >= 15 is 0 Å². The van der Waals surface area contributed by atoms with E-state index < -0.39 is 0 Å². The van der Waals surface area contributed by atoms with Gasteiger partial charge in [-0.25, -0.2) is 0 Å². The molecule has 1 aromatic rings. The predicted molar refractivity (Wildman–Crippen MR) is 90.7 cm³/mol. The van der Waals surface area contributed by atoms with E-state index in [1.54, 1.807) is 0 Å². The van der Waals surface area contributed by atoms with Gasteiger partial charge >= 0.3 is 0 Å². The predicted octanol–water partition coefficient (Wildman–Crippen LogP) is 2.56. The number of guanidine groups is 1. The Balaban J connectivity index is 0.00000220. The van der Waals surface area contributed by atoms with Crippen LogP contribution in [0.1, 0.15) is 31.9 Å². The molecule has 0 aliphatic carbocycles. The number of nitrogens with one attached hydrogen (secondary N) is 3. The molecule has 0 fully saturated rings. The maximum absolute atomic E-state index is 11.2. The monoisotopic (exact) mass is 310 g/mol. The second-order valence-electron chi connectivity index (χ2n) is 4.84. The number of aryl methyl sites for hydroxylation is 2. The lowest BCUT2D eigenvalue weighted by Gasteiger charge is -2.17. The maximum Gasteiger partial charge on any atom is 0.221 e. The highest BCUT2D eigenvalue weighted by atomic mass is 35.5. The van der Waals surface area contributed by atoms with Crippen molar-refractivity contribution in [2.45, 2.75) is 33.6 Å². The topological polar surface area (TPSA) is 65.5 Å². The fraction of sp³-hybridized carbons (Fsp3) is 0.467. The van der Waals surface area contributed by atoms with Gasteiger partial charge in [-0.3, -0.25) is 9.79 Å². The number of benzene rings is 1. The molecular formula is C15H23ClN4O. The second kappa shape index (κ2) is 7.88. The Bertz CT molecular complexity index is 517. The summed E-state index contributed by atoms with van der Waals surface area (Å²) >= 11 is 0. The molecule has 1 aliphatic heterocycles. The number of anilines is 2. The number of carbonyl (C=O) groups is 1. The van der Waals surface area contributed by atoms with Gasteiger partial charge in [0.25, 0.3) is 0 Å². The van der Waals surface area contributed by atoms with Crippen LogP contribution in [-0.4, -0.2) is 25.0 Å². The molecule has 116 valence electrons. The number of hydrogen-bond acceptors (Lipinski definition) is 4. The SMILES string of the molecule is CCc1cc(NC(C)=O)cc(CC)c1NC1=NCCN1.Cl. The normalized spacial score (nSPS) is 13.0. The molecule has 0 saturated carbocycles. The third kappa shape index (κ3) is 4.36. The van der Waals surface area contributed by atoms with Crippen LogP contribution in [0.5, 0.6) is 0 Å². The van der Waals surface area contributed by atoms with E-state index in [1.165, 1.54) is 18.1 Å². The number of nitrogens with zero attached hydrogens (tertiary/aromatic N) is 1. The Morgan fingerprint density at radius 1 is 1.29 bits per heavy atom. The highest BCUT2D eigenvalue weighted by Gasteiger charge is 2.13. The van der Waals surface area contributed by atoms with Gasteiger partial charge < -0.3 is 16.0 Å². The molecule has 0 aromatic heterocycles. The van der Waals surface area contributed by atoms with Crippen molar-refractivity contribution in [2.24, 2.45) is 4.99 Å². The molecule has 1 aliphatic rings. The average Bonchev–Trinajstić information content (AvgIpc) is 2.92. The summed E-state index contributed by atoms with van der Waals surface area (Å²) in [5, 5.41) is 9.47. The van der Waals surface area contributed by atoms with E-state index in [1.807, 2.05) is 12.1 Å². The summed E-state index contributed by atoms with van der Waals surface area (Å²) in [5.41, 5.74) is 4.34. The van der Waals surface area contributed by atoms with Crippen molar-refractivity contribution >= 4 is 35.6 Å². The minimum Gasteiger partial charge on any atom is -0.354 e. The fourth-order valence-electron chi connectivity index (χ4n) is 2.36. The lowest BCUT2D eigenvalue weighted by atomic mass is 10.0. The quantitative estimate of drug-likeness (QED) is 0.801. The van der Waals surface area contributed by atoms with Crippen molar-refractivity contribution in [3.63, 3.8) is 0 Å². The van der Waals surface area contributed by atoms with Crippen LogP contribution in [-0.2, 0) is 17.6 Å². The van der Waals surface area contributed by atoms with Crippen LogP contribution in [0.4, 0.5) is 11.4 Å². The van der Waals surface area contributed by atoms with Crippen molar-refractivity contribution in [2.75, 3.05) is 23.7 Å². The molecule has 6 heteroatoms. The van der Waals surface area contributed by atoms with Crippen LogP contribution < -0.4 is 16.0 Å². The first-order valence-electron chi connectivity index (χ1n) is 7.12. The minimum absolute atomic E-state index is 0. The fourth-order valence-corrected chi connectivity index (χ4v) is 2.36. The zero-order chi connectivity index (χ0) is 14.5. The number of rotatable bonds is 4. The molecule has 1 amide bonds. The minimum atomic E-state index is -0.0448. The van der Waals surface area contributed by atoms with Crippen LogP contribution in [0, 0.1) is 0 Å². The van der Waals surface area contributed by atoms with E-state index in [0.29, 0.717) is 0 Å². The van der Waals surface area contributed by atoms with Gasteiger partial charge in [0, 0.05) is 24.8 Å². The van der Waals surface area contributed by atoms with E-state index in [2.05, 4.69) is 34.8 Å². The van der Waals surface area contributed by atoms with Crippen molar-refractivity contribution in [1.82, 2.24) is 5.32 Å². The number of halogens is 1. The molecule has 0 unspecified atom stereocenters. The Kier molecular flexibility index (Phi) is 6.49. The summed E-state index contributed by atoms with van der Waals surface area (Å²) in [5.74, 6) is 0.790. The summed E-state index contributed by atoms with van der Waals surface area (Å²) < 4.78 is 0. The molecule has 1 heterocycles. The molecule has 0 radical (unpaired) electrons. The molecule has 0 spiro atoms. The van der Waals surface area contributed by atoms with E-state index in [4.69, 9.17) is 0 Å². The Hall–Kier alpha value is -1.75. The molecule has 3 N–H and O–H groups in total. The van der Waals surface area contributed by atoms with Crippen LogP contribution in [0.25, 0.3) is 0 Å². The first-order chi connectivity index (χ1) is 9.63. The largest absolute Gasteiger partial charge is 0.354 e. The highest BCUT2D eigenvalue weighted by molar-refractivity contribution is 5.97. The van der Waals surface area contributed by atoms with Crippen molar-refractivity contribution in [1.29, 1.82) is 0 Å². The number of carbonyl (C=O) groups excluding carboxylic acids is 1. The van der Waals surface area contributed by atoms with Crippen molar-refractivity contribution in [3.05, 3.63) is 23.3 Å². The lowest BCUT2D eigenvalue weighted by Crippen LogP contribution is -2.27. The highest BCUT2D eigenvalue weighted by Crippen LogP contribution is 2.27. The summed E-state index contributed by atoms with van der Waals surface area (Å²) in [6, 6.07) is 4.05. The smallest absolute Gasteiger partial charge is 0.221 e. The van der Waals surface area contributed by atoms with E-state index in [9.17, 15) is 4.79 Å². The van der Waals surface area contributed by atoms with E-state index in [0.717, 1.165) is 43.3 Å². The van der Waals surface area contributed by atoms with Gasteiger partial charge in [0.15, 0.2) is 5.96 Å². The molecule has 0 atom stereocenters. The molecule has 0 bridgehead atoms. The lowest BCUT2D eigenvalue weighted by molar-refractivity contribution is -0.114. The average molecular weight is 311 g/mol. The number of amides is 1. The molecule has 5 nitrogen and oxygen atoms in total. The Labute approximate surface area is 132 Å². The van der Waals surface area contributed by atoms with Gasteiger partial charge in [0.2, 0.25) is 5.91 Å². The maximum atomic E-state index is 11.2. The van der Waals surface area contributed by atoms with Gasteiger partial charge in [-0.05, 0) is 36.1 Å². The standard InChI is InChI=1S/C15H22N4O.ClH/c1-4-11-8-13(18-10(3)20)9-12(5-2)14(11)19-15-16-6-7-17-15;/h8-9H,4-7H2,1-3H3,(H,18,20)(H2,16,17,19);1H. The molecule has 2 rings (SSSR count). The summed E-state index contributed by atoms with van der Waals surface area (Å²) in [7, 11) is 0. The first kappa shape index (κ1) is 17.3. The van der Waals surface area contributed by atoms with Crippen LogP contribution >= 0.6 is 12.4 Å². The summed E-state index contributed by atoms with van der Waals surface area (Å²) in [4.78, 5) is 15.6. The third-order valence-electron chi connectivity index (χ3n) is 3.30. The third-order valence-corrected chi connectivity index (χ3v) is 3.30. The van der Waals surface area contributed by atoms with E-state index in [-0.39, 0.29) is 18.3 Å². The Morgan fingerprint density at radius 3 is 2.33 bits per heavy atom. The van der Waals surface area contributed by atoms with Gasteiger partial charge in [-0.2, -0.15) is 0 Å². The first-order valence-corrected chi connectivity index (χ1v) is 7.12. The van der Waals surface area contributed by atoms with Crippen LogP contribution in [0.3, 0.4) is 0 Å². The van der Waals surface area contributed by atoms with Crippen LogP contribution in [0.15, 0.2) is 17.1 Å². The van der Waals surface area contributed by atoms with Gasteiger partial charge in [-0.1, -0.05) is 13.8 Å². The molecule has 1 aromatic carbocycles. The molecular weight excluding hydrogens is 288 g/mol. The Morgan fingerprint density at radius 2 is 1.90 bits per heavy atom. The van der Waals surface area contributed by atoms with Crippen molar-refractivity contribution in [3.8, 4) is 0 Å². The van der Waals surface area contributed by atoms with Crippen LogP contribution in [0.2, 0.25) is 0 Å². The zero-order valence-electron chi connectivity index (χ0n) is 12.7. The summed E-state index contributed by atoms with van der Waals surface area (Å²) in [6.07, 6.45) is 1.80. The zero-order valence-corrected chi connectivity index (χ0v) is 13.6. The molecule has 21 heavy (non-hydrogen) atoms. The number of aliphatic imine (C=N–C) groups is 1. The van der Waals surface area contributed by atoms with Gasteiger partial charge in [0.05, 0.1) is 6.54 Å². The van der Waals surface area contributed by atoms with Gasteiger partial charge in [0.1, 0.15) is 0 Å². The second-order valence-corrected chi connectivity index (χ2v) is 4.84. The molecule has 0 saturated heterocycles. The summed E-state index contributed by atoms with van der Waals surface area (Å²) in [6.45, 7) is 7.45. The van der Waals surface area contributed by atoms with Gasteiger partial charge in [-0.15, -0.1) is 12.4 Å².